The number of rotatable bonds is 6. The van der Waals surface area contributed by atoms with Gasteiger partial charge in [0, 0.05) is 30.0 Å². The average molecular weight is 675 g/mol. The maximum atomic E-state index is 12.8. The Morgan fingerprint density at radius 2 is 1.20 bits per heavy atom. The molecule has 14 heteroatoms. The number of carbonyl (C=O) groups excluding carboxylic acids is 2. The number of carbonyl (C=O) groups is 2. The predicted molar refractivity (Wildman–Crippen MR) is 155 cm³/mol. The van der Waals surface area contributed by atoms with Crippen LogP contribution in [0.1, 0.15) is 53.3 Å². The minimum absolute atomic E-state index is 0.0380. The molecule has 40 heavy (non-hydrogen) atoms. The molecular weight excluding hydrogens is 649 g/mol. The van der Waals surface area contributed by atoms with Gasteiger partial charge in [-0.25, -0.2) is 0 Å². The van der Waals surface area contributed by atoms with Crippen molar-refractivity contribution in [2.45, 2.75) is 57.9 Å². The lowest BCUT2D eigenvalue weighted by molar-refractivity contribution is -0.300. The summed E-state index contributed by atoms with van der Waals surface area (Å²) in [6, 6.07) is 12.5. The van der Waals surface area contributed by atoms with E-state index < -0.39 is 19.3 Å². The molecule has 0 bridgehead atoms. The van der Waals surface area contributed by atoms with Crippen LogP contribution < -0.4 is 20.1 Å². The highest BCUT2D eigenvalue weighted by molar-refractivity contribution is 6.66. The molecule has 2 aromatic rings. The van der Waals surface area contributed by atoms with Gasteiger partial charge < -0.3 is 29.6 Å². The maximum absolute atomic E-state index is 12.8. The highest BCUT2D eigenvalue weighted by atomic mass is 35.6. The number of benzene rings is 2. The minimum atomic E-state index is -1.90. The van der Waals surface area contributed by atoms with E-state index in [0.717, 1.165) is 0 Å². The van der Waals surface area contributed by atoms with E-state index in [1.807, 2.05) is 6.92 Å². The number of hydrogen-bond acceptors (Lipinski definition) is 6. The molecule has 1 saturated heterocycles. The summed E-state index contributed by atoms with van der Waals surface area (Å²) in [6.07, 6.45) is 2.54. The lowest BCUT2D eigenvalue weighted by Crippen LogP contribution is -2.61. The summed E-state index contributed by atoms with van der Waals surface area (Å²) in [6.45, 7) is 2.40. The second-order valence-electron chi connectivity index (χ2n) is 9.89. The second kappa shape index (κ2) is 12.5. The zero-order chi connectivity index (χ0) is 29.2. The summed E-state index contributed by atoms with van der Waals surface area (Å²) in [5.41, 5.74) is 0.134. The van der Waals surface area contributed by atoms with Crippen LogP contribution in [0.4, 0.5) is 0 Å². The fourth-order valence-corrected chi connectivity index (χ4v) is 4.99. The van der Waals surface area contributed by atoms with Crippen LogP contribution in [-0.4, -0.2) is 50.4 Å². The first-order chi connectivity index (χ1) is 18.6. The van der Waals surface area contributed by atoms with Crippen molar-refractivity contribution in [3.8, 4) is 11.5 Å². The third kappa shape index (κ3) is 9.07. The number of alkyl halides is 6. The van der Waals surface area contributed by atoms with Crippen LogP contribution >= 0.6 is 69.6 Å². The second-order valence-corrected chi connectivity index (χ2v) is 14.2. The first-order valence-corrected chi connectivity index (χ1v) is 14.5. The molecule has 1 heterocycles. The van der Waals surface area contributed by atoms with E-state index in [1.54, 1.807) is 36.4 Å². The first kappa shape index (κ1) is 31.6. The van der Waals surface area contributed by atoms with E-state index in [0.29, 0.717) is 48.3 Å². The van der Waals surface area contributed by atoms with Crippen LogP contribution in [-0.2, 0) is 9.47 Å². The van der Waals surface area contributed by atoms with Gasteiger partial charge in [0.15, 0.2) is 5.79 Å². The average Bonchev–Trinajstić information content (AvgIpc) is 2.86. The molecule has 2 aromatic carbocycles. The molecule has 218 valence electrons. The molecule has 1 aliphatic heterocycles. The van der Waals surface area contributed by atoms with Gasteiger partial charge in [0.25, 0.3) is 11.8 Å². The third-order valence-electron chi connectivity index (χ3n) is 6.51. The predicted octanol–water partition coefficient (Wildman–Crippen LogP) is 6.70. The number of amides is 2. The maximum Gasteiger partial charge on any atom is 0.338 e. The summed E-state index contributed by atoms with van der Waals surface area (Å²) < 4.78 is 18.8. The molecule has 8 nitrogen and oxygen atoms in total. The Balaban J connectivity index is 1.23. The van der Waals surface area contributed by atoms with Crippen LogP contribution in [0.2, 0.25) is 0 Å². The van der Waals surface area contributed by atoms with E-state index in [4.69, 9.17) is 88.6 Å². The molecule has 1 aliphatic carbocycles. The van der Waals surface area contributed by atoms with Gasteiger partial charge >= 0.3 is 7.96 Å². The summed E-state index contributed by atoms with van der Waals surface area (Å²) in [7, 11) is 0. The van der Waals surface area contributed by atoms with Gasteiger partial charge in [-0.2, -0.15) is 0 Å². The van der Waals surface area contributed by atoms with E-state index in [-0.39, 0.29) is 31.1 Å². The Labute approximate surface area is 261 Å². The normalized spacial score (nSPS) is 25.2. The Morgan fingerprint density at radius 1 is 0.775 bits per heavy atom. The molecule has 0 radical (unpaired) electrons. The summed E-state index contributed by atoms with van der Waals surface area (Å²) >= 11 is 33.7. The molecule has 1 saturated carbocycles. The monoisotopic (exact) mass is 672 g/mol. The molecule has 2 fully saturated rings. The fourth-order valence-electron chi connectivity index (χ4n) is 4.46. The quantitative estimate of drug-likeness (QED) is 0.331. The molecule has 2 aliphatic rings. The van der Waals surface area contributed by atoms with Crippen LogP contribution in [0.15, 0.2) is 48.5 Å². The van der Waals surface area contributed by atoms with Crippen molar-refractivity contribution in [2.75, 3.05) is 13.2 Å². The standard InChI is InChI=1S/C26H26Cl6N2O6/c1-23(34-22(36)17-4-8-20(9-5-17)40-26(30,31)32)14-37-24(38-15-23)12-10-18(11-13-24)33-21(35)16-2-6-19(7-3-16)39-25(27,28)29/h2-9,18H,10-15H2,1H3,(H,33,35)(H,34,36). The summed E-state index contributed by atoms with van der Waals surface area (Å²) in [4.78, 5) is 25.5. The van der Waals surface area contributed by atoms with Crippen molar-refractivity contribution in [1.82, 2.24) is 10.6 Å². The van der Waals surface area contributed by atoms with Gasteiger partial charge in [-0.3, -0.25) is 9.59 Å². The molecular formula is C26H26Cl6N2O6. The lowest BCUT2D eigenvalue weighted by atomic mass is 9.88. The van der Waals surface area contributed by atoms with Crippen LogP contribution in [0, 0.1) is 0 Å². The first-order valence-electron chi connectivity index (χ1n) is 12.3. The molecule has 1 spiro atoms. The summed E-state index contributed by atoms with van der Waals surface area (Å²) in [5.74, 6) is -0.628. The van der Waals surface area contributed by atoms with Crippen molar-refractivity contribution in [1.29, 1.82) is 0 Å². The van der Waals surface area contributed by atoms with Gasteiger partial charge in [-0.1, -0.05) is 0 Å². The number of ether oxygens (including phenoxy) is 4. The van der Waals surface area contributed by atoms with Gasteiger partial charge in [-0.05, 0) is 138 Å². The van der Waals surface area contributed by atoms with Crippen molar-refractivity contribution in [3.05, 3.63) is 59.7 Å². The van der Waals surface area contributed by atoms with E-state index >= 15 is 0 Å². The topological polar surface area (TPSA) is 95.1 Å². The molecule has 0 atom stereocenters. The van der Waals surface area contributed by atoms with E-state index in [1.165, 1.54) is 12.1 Å². The summed E-state index contributed by atoms with van der Waals surface area (Å²) in [5, 5.41) is 6.02. The number of hydrogen-bond donors (Lipinski definition) is 2. The third-order valence-corrected chi connectivity index (χ3v) is 6.97. The van der Waals surface area contributed by atoms with Crippen molar-refractivity contribution < 1.29 is 28.5 Å². The largest absolute Gasteiger partial charge is 0.446 e. The van der Waals surface area contributed by atoms with E-state index in [9.17, 15) is 9.59 Å². The molecule has 4 rings (SSSR count). The highest BCUT2D eigenvalue weighted by Gasteiger charge is 2.45. The minimum Gasteiger partial charge on any atom is -0.446 e. The molecule has 0 aromatic heterocycles. The highest BCUT2D eigenvalue weighted by Crippen LogP contribution is 2.37. The Morgan fingerprint density at radius 3 is 1.62 bits per heavy atom. The van der Waals surface area contributed by atoms with Gasteiger partial charge in [0.1, 0.15) is 11.5 Å². The Hall–Kier alpha value is -1.36. The fraction of sp³-hybridized carbons (Fsp3) is 0.462. The molecule has 0 unspecified atom stereocenters. The number of halogens is 6. The van der Waals surface area contributed by atoms with Crippen LogP contribution in [0.3, 0.4) is 0 Å². The van der Waals surface area contributed by atoms with Gasteiger partial charge in [0.2, 0.25) is 0 Å². The zero-order valence-electron chi connectivity index (χ0n) is 21.2. The van der Waals surface area contributed by atoms with Gasteiger partial charge in [0.05, 0.1) is 18.8 Å². The lowest BCUT2D eigenvalue weighted by Gasteiger charge is -2.47. The van der Waals surface area contributed by atoms with Crippen LogP contribution in [0.5, 0.6) is 11.5 Å². The SMILES string of the molecule is CC1(NC(=O)c2ccc(OC(Cl)(Cl)Cl)cc2)COC2(CCC(NC(=O)c3ccc(OC(Cl)(Cl)Cl)cc3)CC2)OC1. The van der Waals surface area contributed by atoms with Gasteiger partial charge in [-0.15, -0.1) is 0 Å². The van der Waals surface area contributed by atoms with Crippen molar-refractivity contribution in [3.63, 3.8) is 0 Å². The smallest absolute Gasteiger partial charge is 0.338 e. The number of nitrogens with one attached hydrogen (secondary N) is 2. The molecule has 2 N–H and O–H groups in total. The van der Waals surface area contributed by atoms with Crippen molar-refractivity contribution >= 4 is 81.4 Å². The van der Waals surface area contributed by atoms with Crippen molar-refractivity contribution in [2.24, 2.45) is 0 Å². The zero-order valence-corrected chi connectivity index (χ0v) is 25.7. The Kier molecular flexibility index (Phi) is 9.85. The van der Waals surface area contributed by atoms with E-state index in [2.05, 4.69) is 10.6 Å². The van der Waals surface area contributed by atoms with Crippen LogP contribution in [0.25, 0.3) is 0 Å². The molecule has 2 amide bonds. The Bertz CT molecular complexity index is 1180.